The molecule has 0 aliphatic carbocycles. The van der Waals surface area contributed by atoms with Crippen molar-refractivity contribution in [3.8, 4) is 17.2 Å². The first-order chi connectivity index (χ1) is 20.8. The lowest BCUT2D eigenvalue weighted by Gasteiger charge is -2.25. The number of methoxy groups -OCH3 is 1. The Morgan fingerprint density at radius 3 is 2.56 bits per heavy atom. The Morgan fingerprint density at radius 2 is 1.84 bits per heavy atom. The third-order valence-electron chi connectivity index (χ3n) is 7.30. The molecule has 0 unspecified atom stereocenters. The molecule has 1 fully saturated rings. The minimum atomic E-state index is -0.740. The topological polar surface area (TPSA) is 109 Å². The first kappa shape index (κ1) is 30.1. The van der Waals surface area contributed by atoms with Crippen LogP contribution in [0.25, 0.3) is 6.08 Å². The van der Waals surface area contributed by atoms with Crippen LogP contribution in [-0.2, 0) is 14.3 Å². The number of carbonyl (C=O) groups excluding carboxylic acids is 2. The van der Waals surface area contributed by atoms with Gasteiger partial charge in [-0.25, -0.2) is 9.79 Å². The van der Waals surface area contributed by atoms with E-state index in [4.69, 9.17) is 18.9 Å². The van der Waals surface area contributed by atoms with Crippen molar-refractivity contribution in [2.24, 2.45) is 4.99 Å². The Morgan fingerprint density at radius 1 is 1.05 bits per heavy atom. The summed E-state index contributed by atoms with van der Waals surface area (Å²) in [6.45, 7) is 7.40. The Bertz CT molecular complexity index is 1730. The van der Waals surface area contributed by atoms with Gasteiger partial charge in [0, 0.05) is 13.1 Å². The third-order valence-corrected chi connectivity index (χ3v) is 8.28. The molecule has 2 aliphatic heterocycles. The van der Waals surface area contributed by atoms with Crippen LogP contribution in [-0.4, -0.2) is 61.4 Å². The van der Waals surface area contributed by atoms with Crippen LogP contribution < -0.4 is 29.1 Å². The summed E-state index contributed by atoms with van der Waals surface area (Å²) in [7, 11) is 1.57. The second-order valence-corrected chi connectivity index (χ2v) is 11.1. The van der Waals surface area contributed by atoms with Crippen molar-refractivity contribution in [3.05, 3.63) is 84.5 Å². The van der Waals surface area contributed by atoms with Crippen LogP contribution in [0.3, 0.4) is 0 Å². The van der Waals surface area contributed by atoms with Crippen molar-refractivity contribution in [3.63, 3.8) is 0 Å². The summed E-state index contributed by atoms with van der Waals surface area (Å²) in [5.74, 6) is 0.971. The molecule has 11 heteroatoms. The van der Waals surface area contributed by atoms with Gasteiger partial charge in [-0.05, 0) is 75.1 Å². The maximum atomic E-state index is 13.9. The summed E-state index contributed by atoms with van der Waals surface area (Å²) in [5.41, 5.74) is 1.92. The van der Waals surface area contributed by atoms with E-state index in [1.54, 1.807) is 51.3 Å². The molecule has 0 spiro atoms. The summed E-state index contributed by atoms with van der Waals surface area (Å²) in [6, 6.07) is 11.9. The molecular formula is C32H35N3O7S. The number of rotatable bonds is 10. The molecular weight excluding hydrogens is 570 g/mol. The molecule has 226 valence electrons. The van der Waals surface area contributed by atoms with Gasteiger partial charge in [-0.1, -0.05) is 29.5 Å². The van der Waals surface area contributed by atoms with Crippen LogP contribution in [0, 0.1) is 0 Å². The lowest BCUT2D eigenvalue weighted by Crippen LogP contribution is -2.39. The van der Waals surface area contributed by atoms with E-state index in [0.717, 1.165) is 25.9 Å². The number of allylic oxidation sites excluding steroid dienone is 1. The highest BCUT2D eigenvalue weighted by molar-refractivity contribution is 7.07. The number of benzene rings is 2. The average molecular weight is 606 g/mol. The summed E-state index contributed by atoms with van der Waals surface area (Å²) < 4.78 is 24.4. The fourth-order valence-corrected chi connectivity index (χ4v) is 6.32. The molecule has 0 N–H and O–H groups in total. The highest BCUT2D eigenvalue weighted by Gasteiger charge is 2.33. The van der Waals surface area contributed by atoms with E-state index in [9.17, 15) is 14.4 Å². The van der Waals surface area contributed by atoms with Crippen molar-refractivity contribution in [2.45, 2.75) is 39.7 Å². The molecule has 0 saturated carbocycles. The summed E-state index contributed by atoms with van der Waals surface area (Å²) >= 11 is 1.24. The summed E-state index contributed by atoms with van der Waals surface area (Å²) in [5, 5.41) is 0. The van der Waals surface area contributed by atoms with E-state index in [-0.39, 0.29) is 24.7 Å². The zero-order valence-corrected chi connectivity index (χ0v) is 25.6. The number of fused-ring (bicyclic) bond motifs is 1. The number of esters is 1. The molecule has 1 aromatic heterocycles. The first-order valence-electron chi connectivity index (χ1n) is 14.4. The number of likely N-dealkylation sites (tertiary alicyclic amines) is 1. The Hall–Kier alpha value is -4.38. The lowest BCUT2D eigenvalue weighted by molar-refractivity contribution is -0.139. The van der Waals surface area contributed by atoms with Crippen LogP contribution in [0.15, 0.2) is 63.5 Å². The van der Waals surface area contributed by atoms with E-state index in [1.165, 1.54) is 15.9 Å². The molecule has 43 heavy (non-hydrogen) atoms. The van der Waals surface area contributed by atoms with E-state index < -0.39 is 12.0 Å². The fourth-order valence-electron chi connectivity index (χ4n) is 5.27. The number of aromatic nitrogens is 1. The molecule has 0 bridgehead atoms. The third kappa shape index (κ3) is 6.36. The normalized spacial score (nSPS) is 16.5. The average Bonchev–Trinajstić information content (AvgIpc) is 3.65. The maximum Gasteiger partial charge on any atom is 0.338 e. The van der Waals surface area contributed by atoms with Gasteiger partial charge in [0.1, 0.15) is 5.75 Å². The number of nitrogens with zero attached hydrogens (tertiary/aromatic N) is 3. The largest absolute Gasteiger partial charge is 0.497 e. The molecule has 0 radical (unpaired) electrons. The number of hydrogen-bond donors (Lipinski definition) is 0. The van der Waals surface area contributed by atoms with Crippen LogP contribution in [0.1, 0.15) is 50.8 Å². The summed E-state index contributed by atoms with van der Waals surface area (Å²) in [4.78, 5) is 46.5. The van der Waals surface area contributed by atoms with Crippen molar-refractivity contribution < 1.29 is 28.5 Å². The van der Waals surface area contributed by atoms with Crippen molar-refractivity contribution in [1.82, 2.24) is 9.47 Å². The smallest absolute Gasteiger partial charge is 0.338 e. The zero-order chi connectivity index (χ0) is 30.5. The van der Waals surface area contributed by atoms with Crippen molar-refractivity contribution in [2.75, 3.05) is 40.0 Å². The molecule has 10 nitrogen and oxygen atoms in total. The SMILES string of the molecule is CCOC(=O)C1=C(C)N=c2s/c(=C/c3ccc(OCC(=O)N4CCCC4)c(OCC)c3)c(=O)n2[C@@H]1c1cccc(OC)c1. The minimum absolute atomic E-state index is 0.0480. The minimum Gasteiger partial charge on any atom is -0.497 e. The van der Waals surface area contributed by atoms with Crippen LogP contribution in [0.4, 0.5) is 0 Å². The Labute approximate surface area is 253 Å². The van der Waals surface area contributed by atoms with Gasteiger partial charge in [-0.15, -0.1) is 0 Å². The molecule has 3 aromatic rings. The number of amides is 1. The molecule has 2 aromatic carbocycles. The second kappa shape index (κ2) is 13.3. The van der Waals surface area contributed by atoms with Gasteiger partial charge in [-0.2, -0.15) is 0 Å². The lowest BCUT2D eigenvalue weighted by atomic mass is 9.95. The van der Waals surface area contributed by atoms with Gasteiger partial charge in [0.15, 0.2) is 22.9 Å². The van der Waals surface area contributed by atoms with Crippen molar-refractivity contribution in [1.29, 1.82) is 0 Å². The molecule has 3 heterocycles. The second-order valence-electron chi connectivity index (χ2n) is 10.1. The highest BCUT2D eigenvalue weighted by Crippen LogP contribution is 2.33. The van der Waals surface area contributed by atoms with Crippen LogP contribution in [0.2, 0.25) is 0 Å². The van der Waals surface area contributed by atoms with Gasteiger partial charge >= 0.3 is 5.97 Å². The number of ether oxygens (including phenoxy) is 4. The van der Waals surface area contributed by atoms with Gasteiger partial charge < -0.3 is 23.8 Å². The maximum absolute atomic E-state index is 13.9. The van der Waals surface area contributed by atoms with E-state index >= 15 is 0 Å². The van der Waals surface area contributed by atoms with Gasteiger partial charge in [0.05, 0.1) is 42.2 Å². The highest BCUT2D eigenvalue weighted by atomic mass is 32.1. The fraction of sp³-hybridized carbons (Fsp3) is 0.375. The van der Waals surface area contributed by atoms with E-state index in [2.05, 4.69) is 4.99 Å². The van der Waals surface area contributed by atoms with E-state index in [1.807, 2.05) is 30.0 Å². The van der Waals surface area contributed by atoms with Crippen molar-refractivity contribution >= 4 is 29.3 Å². The zero-order valence-electron chi connectivity index (χ0n) is 24.8. The molecule has 5 rings (SSSR count). The summed E-state index contributed by atoms with van der Waals surface area (Å²) in [6.07, 6.45) is 3.79. The number of hydrogen-bond acceptors (Lipinski definition) is 9. The molecule has 2 aliphatic rings. The van der Waals surface area contributed by atoms with Gasteiger partial charge in [-0.3, -0.25) is 14.2 Å². The van der Waals surface area contributed by atoms with Gasteiger partial charge in [0.2, 0.25) is 0 Å². The quantitative estimate of drug-likeness (QED) is 0.327. The molecule has 1 amide bonds. The molecule has 1 atom stereocenters. The molecule has 1 saturated heterocycles. The predicted molar refractivity (Wildman–Crippen MR) is 162 cm³/mol. The van der Waals surface area contributed by atoms with Crippen LogP contribution in [0.5, 0.6) is 17.2 Å². The predicted octanol–water partition coefficient (Wildman–Crippen LogP) is 3.21. The number of carbonyl (C=O) groups is 2. The number of thiazole rings is 1. The van der Waals surface area contributed by atoms with Gasteiger partial charge in [0.25, 0.3) is 11.5 Å². The monoisotopic (exact) mass is 605 g/mol. The van der Waals surface area contributed by atoms with E-state index in [0.29, 0.717) is 55.6 Å². The van der Waals surface area contributed by atoms with Crippen LogP contribution >= 0.6 is 11.3 Å². The standard InChI is InChI=1S/C32H35N3O7S/c1-5-40-25-16-21(12-13-24(25)42-19-27(36)34-14-7-8-15-34)17-26-30(37)35-29(22-10-9-11-23(18-22)39-4)28(31(38)41-6-2)20(3)33-32(35)43-26/h9-13,16-18,29H,5-8,14-15,19H2,1-4H3/b26-17+/t29-/m1/s1. The first-order valence-corrected chi connectivity index (χ1v) is 15.2. The Kier molecular flexibility index (Phi) is 9.30. The Balaban J connectivity index is 1.53.